The first kappa shape index (κ1) is 23.7. The van der Waals surface area contributed by atoms with Crippen LogP contribution in [-0.4, -0.2) is 35.1 Å². The molecule has 0 unspecified atom stereocenters. The van der Waals surface area contributed by atoms with Crippen LogP contribution < -0.4 is 0 Å². The van der Waals surface area contributed by atoms with E-state index >= 15 is 0 Å². The van der Waals surface area contributed by atoms with Crippen LogP contribution in [0.1, 0.15) is 85.2 Å². The monoisotopic (exact) mass is 452 g/mol. The van der Waals surface area contributed by atoms with E-state index in [1.54, 1.807) is 0 Å². The number of benzene rings is 2. The van der Waals surface area contributed by atoms with Crippen molar-refractivity contribution in [2.24, 2.45) is 9.98 Å². The molecule has 34 heavy (non-hydrogen) atoms. The largest absolute Gasteiger partial charge is 0.289 e. The van der Waals surface area contributed by atoms with Gasteiger partial charge in [-0.1, -0.05) is 76.2 Å². The maximum atomic E-state index is 13.6. The standard InChI is InChI=1S/C30H32N2O2/c1-5-19(6-2)31-27-17-25(29(33)23-15-11-9-13-21(23)27)26-18-28(32-20(7-3)8-4)22-14-10-12-16-24(22)30(26)34/h9-20H,5-8H2,1-4H3. The number of carbonyl (C=O) groups excluding carboxylic acids is 2. The van der Waals surface area contributed by atoms with Crippen LogP contribution in [0.4, 0.5) is 0 Å². The van der Waals surface area contributed by atoms with Gasteiger partial charge in [-0.3, -0.25) is 19.6 Å². The molecule has 0 aliphatic heterocycles. The van der Waals surface area contributed by atoms with Crippen LogP contribution in [0.3, 0.4) is 0 Å². The van der Waals surface area contributed by atoms with Gasteiger partial charge in [0.05, 0.1) is 23.5 Å². The second kappa shape index (κ2) is 10.3. The third-order valence-electron chi connectivity index (χ3n) is 6.77. The van der Waals surface area contributed by atoms with Crippen molar-refractivity contribution >= 4 is 23.0 Å². The molecule has 0 saturated heterocycles. The summed E-state index contributed by atoms with van der Waals surface area (Å²) in [6.45, 7) is 8.47. The number of fused-ring (bicyclic) bond motifs is 2. The molecule has 0 fully saturated rings. The molecule has 0 N–H and O–H groups in total. The minimum absolute atomic E-state index is 0.139. The highest BCUT2D eigenvalue weighted by Gasteiger charge is 2.33. The van der Waals surface area contributed by atoms with E-state index in [0.717, 1.165) is 48.2 Å². The predicted molar refractivity (Wildman–Crippen MR) is 140 cm³/mol. The van der Waals surface area contributed by atoms with Crippen molar-refractivity contribution in [2.45, 2.75) is 65.5 Å². The quantitative estimate of drug-likeness (QED) is 0.476. The fourth-order valence-corrected chi connectivity index (χ4v) is 4.61. The molecule has 0 saturated carbocycles. The van der Waals surface area contributed by atoms with Crippen molar-refractivity contribution in [1.82, 2.24) is 0 Å². The summed E-state index contributed by atoms with van der Waals surface area (Å²) in [6, 6.07) is 15.4. The topological polar surface area (TPSA) is 58.9 Å². The summed E-state index contributed by atoms with van der Waals surface area (Å²) in [5, 5.41) is 0. The van der Waals surface area contributed by atoms with Crippen LogP contribution in [0.2, 0.25) is 0 Å². The van der Waals surface area contributed by atoms with Crippen molar-refractivity contribution in [3.8, 4) is 0 Å². The van der Waals surface area contributed by atoms with Gasteiger partial charge in [-0.2, -0.15) is 0 Å². The van der Waals surface area contributed by atoms with Gasteiger partial charge in [0.1, 0.15) is 0 Å². The van der Waals surface area contributed by atoms with E-state index in [0.29, 0.717) is 22.3 Å². The number of hydrogen-bond acceptors (Lipinski definition) is 4. The number of allylic oxidation sites excluding steroid dienone is 4. The minimum atomic E-state index is -0.139. The molecule has 0 heterocycles. The molecule has 4 nitrogen and oxygen atoms in total. The lowest BCUT2D eigenvalue weighted by atomic mass is 9.79. The van der Waals surface area contributed by atoms with E-state index in [2.05, 4.69) is 27.7 Å². The number of carbonyl (C=O) groups is 2. The van der Waals surface area contributed by atoms with E-state index in [1.807, 2.05) is 60.7 Å². The van der Waals surface area contributed by atoms with Crippen molar-refractivity contribution in [3.63, 3.8) is 0 Å². The SMILES string of the molecule is CCC(CC)N=C1C=C(C2=CC(=NC(CC)CC)c3ccccc3C2=O)C(=O)c2ccccc21. The molecule has 174 valence electrons. The Bertz CT molecular complexity index is 1140. The summed E-state index contributed by atoms with van der Waals surface area (Å²) >= 11 is 0. The first-order valence-electron chi connectivity index (χ1n) is 12.4. The third-order valence-corrected chi connectivity index (χ3v) is 6.77. The molecule has 0 spiro atoms. The van der Waals surface area contributed by atoms with Crippen LogP contribution in [0.5, 0.6) is 0 Å². The highest BCUT2D eigenvalue weighted by Crippen LogP contribution is 2.32. The lowest BCUT2D eigenvalue weighted by Gasteiger charge is -2.24. The number of rotatable bonds is 7. The van der Waals surface area contributed by atoms with Gasteiger partial charge in [0.2, 0.25) is 0 Å². The summed E-state index contributed by atoms with van der Waals surface area (Å²) in [5.74, 6) is -0.278. The highest BCUT2D eigenvalue weighted by atomic mass is 16.1. The number of Topliss-reactive ketones (excluding diaryl/α,β-unsaturated/α-hetero) is 2. The lowest BCUT2D eigenvalue weighted by molar-refractivity contribution is 0.0996. The van der Waals surface area contributed by atoms with E-state index in [4.69, 9.17) is 9.98 Å². The molecule has 0 radical (unpaired) electrons. The zero-order valence-electron chi connectivity index (χ0n) is 20.5. The summed E-state index contributed by atoms with van der Waals surface area (Å²) < 4.78 is 0. The Hall–Kier alpha value is -3.40. The highest BCUT2D eigenvalue weighted by molar-refractivity contribution is 6.35. The average Bonchev–Trinajstić information content (AvgIpc) is 2.88. The summed E-state index contributed by atoms with van der Waals surface area (Å²) in [7, 11) is 0. The van der Waals surface area contributed by atoms with Gasteiger partial charge >= 0.3 is 0 Å². The molecule has 4 rings (SSSR count). The van der Waals surface area contributed by atoms with E-state index in [1.165, 1.54) is 0 Å². The Labute approximate surface area is 202 Å². The normalized spacial score (nSPS) is 17.8. The van der Waals surface area contributed by atoms with Gasteiger partial charge in [0.15, 0.2) is 11.6 Å². The van der Waals surface area contributed by atoms with Gasteiger partial charge in [0.25, 0.3) is 0 Å². The molecular weight excluding hydrogens is 420 g/mol. The Morgan fingerprint density at radius 3 is 1.21 bits per heavy atom. The van der Waals surface area contributed by atoms with Crippen LogP contribution in [-0.2, 0) is 0 Å². The molecule has 2 aliphatic carbocycles. The molecular formula is C30H32N2O2. The van der Waals surface area contributed by atoms with Crippen molar-refractivity contribution in [3.05, 3.63) is 94.1 Å². The first-order chi connectivity index (χ1) is 16.5. The summed E-state index contributed by atoms with van der Waals surface area (Å²) in [4.78, 5) is 37.2. The molecule has 0 bridgehead atoms. The summed E-state index contributed by atoms with van der Waals surface area (Å²) in [5.41, 5.74) is 5.19. The average molecular weight is 453 g/mol. The zero-order valence-corrected chi connectivity index (χ0v) is 20.5. The molecule has 0 amide bonds. The maximum absolute atomic E-state index is 13.6. The molecule has 2 aromatic rings. The molecule has 4 heteroatoms. The van der Waals surface area contributed by atoms with Crippen molar-refractivity contribution < 1.29 is 9.59 Å². The van der Waals surface area contributed by atoms with E-state index in [9.17, 15) is 9.59 Å². The number of aliphatic imine (C=N–C) groups is 2. The number of nitrogens with zero attached hydrogens (tertiary/aromatic N) is 2. The Balaban J connectivity index is 1.91. The van der Waals surface area contributed by atoms with Crippen LogP contribution in [0.25, 0.3) is 0 Å². The number of hydrogen-bond donors (Lipinski definition) is 0. The zero-order chi connectivity index (χ0) is 24.2. The smallest absolute Gasteiger partial charge is 0.194 e. The second-order valence-corrected chi connectivity index (χ2v) is 8.83. The maximum Gasteiger partial charge on any atom is 0.194 e. The molecule has 2 aliphatic rings. The molecule has 2 aromatic carbocycles. The Morgan fingerprint density at radius 2 is 0.882 bits per heavy atom. The van der Waals surface area contributed by atoms with Crippen molar-refractivity contribution in [1.29, 1.82) is 0 Å². The fourth-order valence-electron chi connectivity index (χ4n) is 4.61. The fraction of sp³-hybridized carbons (Fsp3) is 0.333. The minimum Gasteiger partial charge on any atom is -0.289 e. The van der Waals surface area contributed by atoms with Gasteiger partial charge in [-0.25, -0.2) is 0 Å². The molecule has 0 aromatic heterocycles. The van der Waals surface area contributed by atoms with Gasteiger partial charge < -0.3 is 0 Å². The van der Waals surface area contributed by atoms with Crippen LogP contribution in [0, 0.1) is 0 Å². The van der Waals surface area contributed by atoms with Gasteiger partial charge in [0, 0.05) is 33.4 Å². The van der Waals surface area contributed by atoms with Gasteiger partial charge in [-0.15, -0.1) is 0 Å². The second-order valence-electron chi connectivity index (χ2n) is 8.83. The van der Waals surface area contributed by atoms with Gasteiger partial charge in [-0.05, 0) is 37.8 Å². The van der Waals surface area contributed by atoms with E-state index in [-0.39, 0.29) is 23.7 Å². The van der Waals surface area contributed by atoms with Crippen molar-refractivity contribution in [2.75, 3.05) is 0 Å². The molecule has 0 atom stereocenters. The number of ketones is 2. The third kappa shape index (κ3) is 4.37. The Morgan fingerprint density at radius 1 is 0.559 bits per heavy atom. The first-order valence-corrected chi connectivity index (χ1v) is 12.4. The van der Waals surface area contributed by atoms with Crippen LogP contribution >= 0.6 is 0 Å². The lowest BCUT2D eigenvalue weighted by Crippen LogP contribution is -2.26. The summed E-state index contributed by atoms with van der Waals surface area (Å²) in [6.07, 6.45) is 7.30. The van der Waals surface area contributed by atoms with E-state index < -0.39 is 0 Å². The predicted octanol–water partition coefficient (Wildman–Crippen LogP) is 6.59. The van der Waals surface area contributed by atoms with Crippen LogP contribution in [0.15, 0.2) is 81.8 Å². The Kier molecular flexibility index (Phi) is 7.16.